The van der Waals surface area contributed by atoms with E-state index < -0.39 is 30.3 Å². The molecule has 0 spiro atoms. The number of nitrogens with one attached hydrogen (secondary N) is 1. The van der Waals surface area contributed by atoms with Gasteiger partial charge in [-0.3, -0.25) is 4.79 Å². The fourth-order valence-electron chi connectivity index (χ4n) is 1.04. The van der Waals surface area contributed by atoms with Crippen molar-refractivity contribution >= 4 is 27.8 Å². The van der Waals surface area contributed by atoms with Gasteiger partial charge in [-0.25, -0.2) is 9.18 Å². The molecule has 0 aliphatic heterocycles. The van der Waals surface area contributed by atoms with Gasteiger partial charge in [0.1, 0.15) is 5.82 Å². The van der Waals surface area contributed by atoms with E-state index in [1.165, 1.54) is 12.1 Å². The summed E-state index contributed by atoms with van der Waals surface area (Å²) < 4.78 is 13.3. The average molecular weight is 306 g/mol. The zero-order valence-corrected chi connectivity index (χ0v) is 10.1. The van der Waals surface area contributed by atoms with E-state index >= 15 is 0 Å². The Balaban J connectivity index is 2.70. The van der Waals surface area contributed by atoms with E-state index in [4.69, 9.17) is 10.2 Å². The second-order valence-electron chi connectivity index (χ2n) is 3.19. The predicted molar refractivity (Wildman–Crippen MR) is 60.1 cm³/mol. The maximum absolute atomic E-state index is 12.9. The summed E-state index contributed by atoms with van der Waals surface area (Å²) in [6.45, 7) is -0.447. The van der Waals surface area contributed by atoms with Crippen molar-refractivity contribution in [2.75, 3.05) is 6.54 Å². The maximum Gasteiger partial charge on any atom is 0.334 e. The highest BCUT2D eigenvalue weighted by atomic mass is 79.9. The molecule has 1 unspecified atom stereocenters. The molecule has 0 aromatic heterocycles. The third-order valence-electron chi connectivity index (χ3n) is 1.91. The molecule has 0 heterocycles. The Bertz CT molecular complexity index is 452. The summed E-state index contributed by atoms with van der Waals surface area (Å²) >= 11 is 3.06. The molecule has 1 aromatic rings. The number of hydrogen-bond acceptors (Lipinski definition) is 3. The SMILES string of the molecule is O=C(NCC(O)C(=O)O)c1cc(F)ccc1Br. The zero-order valence-electron chi connectivity index (χ0n) is 8.48. The van der Waals surface area contributed by atoms with Crippen LogP contribution in [0.2, 0.25) is 0 Å². The summed E-state index contributed by atoms with van der Waals surface area (Å²) in [6, 6.07) is 3.54. The molecule has 92 valence electrons. The first kappa shape index (κ1) is 13.6. The fourth-order valence-corrected chi connectivity index (χ4v) is 1.47. The molecule has 0 radical (unpaired) electrons. The Kier molecular flexibility index (Phi) is 4.59. The topological polar surface area (TPSA) is 86.6 Å². The first-order valence-electron chi connectivity index (χ1n) is 4.56. The van der Waals surface area contributed by atoms with Crippen LogP contribution in [0.1, 0.15) is 10.4 Å². The van der Waals surface area contributed by atoms with Crippen LogP contribution in [-0.4, -0.2) is 34.7 Å². The number of aliphatic hydroxyl groups is 1. The minimum absolute atomic E-state index is 0.0302. The molecule has 5 nitrogen and oxygen atoms in total. The van der Waals surface area contributed by atoms with E-state index in [1.54, 1.807) is 0 Å². The molecule has 0 aliphatic carbocycles. The molecule has 1 atom stereocenters. The van der Waals surface area contributed by atoms with E-state index in [1.807, 2.05) is 0 Å². The van der Waals surface area contributed by atoms with E-state index in [0.29, 0.717) is 4.47 Å². The molecule has 0 saturated carbocycles. The van der Waals surface area contributed by atoms with Crippen molar-refractivity contribution in [2.45, 2.75) is 6.10 Å². The summed E-state index contributed by atoms with van der Waals surface area (Å²) in [5, 5.41) is 19.5. The molecule has 1 amide bonds. The normalized spacial score (nSPS) is 11.9. The maximum atomic E-state index is 12.9. The lowest BCUT2D eigenvalue weighted by molar-refractivity contribution is -0.146. The zero-order chi connectivity index (χ0) is 13.0. The number of carbonyl (C=O) groups excluding carboxylic acids is 1. The number of hydrogen-bond donors (Lipinski definition) is 3. The molecule has 1 rings (SSSR count). The van der Waals surface area contributed by atoms with Gasteiger partial charge in [-0.05, 0) is 34.1 Å². The van der Waals surface area contributed by atoms with Gasteiger partial charge in [0, 0.05) is 4.47 Å². The van der Waals surface area contributed by atoms with Crippen LogP contribution >= 0.6 is 15.9 Å². The molecule has 0 bridgehead atoms. The standard InChI is InChI=1S/C10H9BrFNO4/c11-7-2-1-5(12)3-6(7)9(15)13-4-8(14)10(16)17/h1-3,8,14H,4H2,(H,13,15)(H,16,17). The second-order valence-corrected chi connectivity index (χ2v) is 4.04. The van der Waals surface area contributed by atoms with Gasteiger partial charge in [-0.15, -0.1) is 0 Å². The van der Waals surface area contributed by atoms with Gasteiger partial charge >= 0.3 is 5.97 Å². The molecular formula is C10H9BrFNO4. The number of carbonyl (C=O) groups is 2. The van der Waals surface area contributed by atoms with E-state index in [9.17, 15) is 14.0 Å². The van der Waals surface area contributed by atoms with Crippen molar-refractivity contribution in [2.24, 2.45) is 0 Å². The van der Waals surface area contributed by atoms with Crippen LogP contribution < -0.4 is 5.32 Å². The van der Waals surface area contributed by atoms with Crippen LogP contribution in [0.3, 0.4) is 0 Å². The smallest absolute Gasteiger partial charge is 0.334 e. The van der Waals surface area contributed by atoms with Crippen LogP contribution in [0.25, 0.3) is 0 Å². The molecule has 0 fully saturated rings. The number of amides is 1. The number of aliphatic hydroxyl groups excluding tert-OH is 1. The van der Waals surface area contributed by atoms with E-state index in [0.717, 1.165) is 6.07 Å². The Morgan fingerprint density at radius 1 is 1.47 bits per heavy atom. The number of benzene rings is 1. The lowest BCUT2D eigenvalue weighted by atomic mass is 10.2. The Morgan fingerprint density at radius 3 is 2.71 bits per heavy atom. The third kappa shape index (κ3) is 3.79. The van der Waals surface area contributed by atoms with Gasteiger partial charge in [-0.1, -0.05) is 0 Å². The van der Waals surface area contributed by atoms with Crippen molar-refractivity contribution in [1.82, 2.24) is 5.32 Å². The second kappa shape index (κ2) is 5.74. The molecule has 0 saturated heterocycles. The highest BCUT2D eigenvalue weighted by Crippen LogP contribution is 2.17. The summed E-state index contributed by atoms with van der Waals surface area (Å²) in [5.41, 5.74) is 0.0302. The van der Waals surface area contributed by atoms with Crippen molar-refractivity contribution in [3.05, 3.63) is 34.1 Å². The van der Waals surface area contributed by atoms with Crippen LogP contribution in [0.4, 0.5) is 4.39 Å². The van der Waals surface area contributed by atoms with Crippen LogP contribution in [0.5, 0.6) is 0 Å². The van der Waals surface area contributed by atoms with Gasteiger partial charge in [-0.2, -0.15) is 0 Å². The molecule has 1 aromatic carbocycles. The number of carboxylic acid groups (broad SMARTS) is 1. The monoisotopic (exact) mass is 305 g/mol. The van der Waals surface area contributed by atoms with Crippen molar-refractivity contribution in [3.63, 3.8) is 0 Å². The van der Waals surface area contributed by atoms with E-state index in [2.05, 4.69) is 21.2 Å². The van der Waals surface area contributed by atoms with Gasteiger partial charge < -0.3 is 15.5 Å². The highest BCUT2D eigenvalue weighted by molar-refractivity contribution is 9.10. The average Bonchev–Trinajstić information content (AvgIpc) is 2.28. The first-order chi connectivity index (χ1) is 7.91. The van der Waals surface area contributed by atoms with Crippen molar-refractivity contribution < 1.29 is 24.2 Å². The van der Waals surface area contributed by atoms with Gasteiger partial charge in [0.05, 0.1) is 12.1 Å². The van der Waals surface area contributed by atoms with Gasteiger partial charge in [0.15, 0.2) is 6.10 Å². The highest BCUT2D eigenvalue weighted by Gasteiger charge is 2.16. The fraction of sp³-hybridized carbons (Fsp3) is 0.200. The molecule has 3 N–H and O–H groups in total. The summed E-state index contributed by atoms with van der Waals surface area (Å²) in [7, 11) is 0. The minimum Gasteiger partial charge on any atom is -0.479 e. The first-order valence-corrected chi connectivity index (χ1v) is 5.35. The lowest BCUT2D eigenvalue weighted by Gasteiger charge is -2.08. The molecular weight excluding hydrogens is 297 g/mol. The summed E-state index contributed by atoms with van der Waals surface area (Å²) in [5.74, 6) is -2.70. The molecule has 17 heavy (non-hydrogen) atoms. The summed E-state index contributed by atoms with van der Waals surface area (Å²) in [4.78, 5) is 21.8. The summed E-state index contributed by atoms with van der Waals surface area (Å²) in [6.07, 6.45) is -1.69. The van der Waals surface area contributed by atoms with Crippen LogP contribution in [0.15, 0.2) is 22.7 Å². The number of rotatable bonds is 4. The Hall–Kier alpha value is -1.47. The molecule has 7 heteroatoms. The van der Waals surface area contributed by atoms with Crippen molar-refractivity contribution in [1.29, 1.82) is 0 Å². The van der Waals surface area contributed by atoms with Crippen LogP contribution in [-0.2, 0) is 4.79 Å². The number of halogens is 2. The van der Waals surface area contributed by atoms with Gasteiger partial charge in [0.2, 0.25) is 0 Å². The lowest BCUT2D eigenvalue weighted by Crippen LogP contribution is -2.36. The Labute approximate surface area is 104 Å². The quantitative estimate of drug-likeness (QED) is 0.766. The minimum atomic E-state index is -1.69. The molecule has 0 aliphatic rings. The van der Waals surface area contributed by atoms with E-state index in [-0.39, 0.29) is 5.56 Å². The number of carboxylic acids is 1. The largest absolute Gasteiger partial charge is 0.479 e. The van der Waals surface area contributed by atoms with Crippen molar-refractivity contribution in [3.8, 4) is 0 Å². The number of aliphatic carboxylic acids is 1. The van der Waals surface area contributed by atoms with Crippen LogP contribution in [0, 0.1) is 5.82 Å². The Morgan fingerprint density at radius 2 is 2.12 bits per heavy atom. The predicted octanol–water partition coefficient (Wildman–Crippen LogP) is 0.764. The van der Waals surface area contributed by atoms with Gasteiger partial charge in [0.25, 0.3) is 5.91 Å². The third-order valence-corrected chi connectivity index (χ3v) is 2.61.